The molecule has 3 rings (SSSR count). The minimum atomic E-state index is -1.17. The van der Waals surface area contributed by atoms with Gasteiger partial charge in [-0.3, -0.25) is 9.59 Å². The Labute approximate surface area is 194 Å². The highest BCUT2D eigenvalue weighted by atomic mass is 35.5. The first kappa shape index (κ1) is 25.2. The van der Waals surface area contributed by atoms with E-state index in [-0.39, 0.29) is 12.4 Å². The number of amides is 1. The monoisotopic (exact) mass is 463 g/mol. The van der Waals surface area contributed by atoms with Gasteiger partial charge in [0.05, 0.1) is 0 Å². The van der Waals surface area contributed by atoms with Crippen LogP contribution in [0.25, 0.3) is 0 Å². The van der Waals surface area contributed by atoms with Gasteiger partial charge in [-0.05, 0) is 30.2 Å². The lowest BCUT2D eigenvalue weighted by Crippen LogP contribution is -2.35. The third kappa shape index (κ3) is 7.25. The van der Waals surface area contributed by atoms with Gasteiger partial charge in [-0.1, -0.05) is 54.6 Å². The highest BCUT2D eigenvalue weighted by Gasteiger charge is 2.28. The van der Waals surface area contributed by atoms with Crippen LogP contribution in [-0.4, -0.2) is 48.1 Å². The van der Waals surface area contributed by atoms with Gasteiger partial charge in [0.2, 0.25) is 5.91 Å². The summed E-state index contributed by atoms with van der Waals surface area (Å²) in [5, 5.41) is 19.4. The van der Waals surface area contributed by atoms with E-state index in [0.29, 0.717) is 23.4 Å². The molecule has 31 heavy (non-hydrogen) atoms. The van der Waals surface area contributed by atoms with Crippen LogP contribution in [0.1, 0.15) is 35.1 Å². The molecule has 3 atom stereocenters. The van der Waals surface area contributed by atoms with Crippen LogP contribution in [0, 0.1) is 0 Å². The summed E-state index contributed by atoms with van der Waals surface area (Å²) >= 11 is 1.82. The van der Waals surface area contributed by atoms with Crippen molar-refractivity contribution < 1.29 is 14.7 Å². The van der Waals surface area contributed by atoms with Crippen LogP contribution in [0.2, 0.25) is 0 Å². The van der Waals surface area contributed by atoms with E-state index in [0.717, 1.165) is 25.3 Å². The van der Waals surface area contributed by atoms with Crippen LogP contribution in [0.5, 0.6) is 0 Å². The van der Waals surface area contributed by atoms with Crippen molar-refractivity contribution in [1.82, 2.24) is 16.0 Å². The molecule has 2 aromatic rings. The van der Waals surface area contributed by atoms with E-state index in [9.17, 15) is 14.7 Å². The predicted molar refractivity (Wildman–Crippen MR) is 128 cm³/mol. The number of carbonyl (C=O) groups is 2. The van der Waals surface area contributed by atoms with Gasteiger partial charge in [0.1, 0.15) is 0 Å². The van der Waals surface area contributed by atoms with Crippen LogP contribution in [0.4, 0.5) is 0 Å². The van der Waals surface area contributed by atoms with Crippen LogP contribution in [0.3, 0.4) is 0 Å². The molecule has 1 unspecified atom stereocenters. The summed E-state index contributed by atoms with van der Waals surface area (Å²) < 4.78 is 0. The normalized spacial score (nSPS) is 18.7. The minimum absolute atomic E-state index is 0. The van der Waals surface area contributed by atoms with Gasteiger partial charge >= 0.3 is 5.97 Å². The van der Waals surface area contributed by atoms with E-state index in [2.05, 4.69) is 40.2 Å². The fraction of sp³-hybridized carbons (Fsp3) is 0.391. The van der Waals surface area contributed by atoms with Gasteiger partial charge in [-0.25, -0.2) is 0 Å². The quantitative estimate of drug-likeness (QED) is 0.320. The Hall–Kier alpha value is -2.06. The number of halogens is 1. The second-order valence-electron chi connectivity index (χ2n) is 7.43. The molecule has 2 aromatic carbocycles. The summed E-state index contributed by atoms with van der Waals surface area (Å²) in [5.41, 5.74) is 3.08. The van der Waals surface area contributed by atoms with Gasteiger partial charge in [0, 0.05) is 36.7 Å². The first-order valence-electron chi connectivity index (χ1n) is 10.2. The molecular formula is C23H30ClN3O3S. The van der Waals surface area contributed by atoms with Crippen molar-refractivity contribution >= 4 is 36.0 Å². The van der Waals surface area contributed by atoms with Crippen LogP contribution in [0.15, 0.2) is 54.6 Å². The average molecular weight is 464 g/mol. The Morgan fingerprint density at radius 3 is 2.52 bits per heavy atom. The Morgan fingerprint density at radius 1 is 1.16 bits per heavy atom. The Morgan fingerprint density at radius 2 is 1.87 bits per heavy atom. The maximum atomic E-state index is 12.4. The SMILES string of the molecule is CNCc1ccc([C@@H]2C[C@H](SCCNC(=O)C(C(=O)O)c3ccccc3)CN2)cc1.Cl. The molecule has 4 N–H and O–H groups in total. The summed E-state index contributed by atoms with van der Waals surface area (Å²) in [6, 6.07) is 17.7. The maximum Gasteiger partial charge on any atom is 0.320 e. The average Bonchev–Trinajstić information content (AvgIpc) is 3.22. The van der Waals surface area contributed by atoms with Crippen molar-refractivity contribution in [2.24, 2.45) is 0 Å². The molecule has 0 spiro atoms. The molecule has 0 saturated carbocycles. The lowest BCUT2D eigenvalue weighted by molar-refractivity contribution is -0.143. The maximum absolute atomic E-state index is 12.4. The van der Waals surface area contributed by atoms with E-state index in [4.69, 9.17) is 0 Å². The number of aliphatic carboxylic acids is 1. The fourth-order valence-electron chi connectivity index (χ4n) is 3.71. The number of carboxylic acid groups (broad SMARTS) is 1. The van der Waals surface area contributed by atoms with Crippen LogP contribution in [-0.2, 0) is 16.1 Å². The predicted octanol–water partition coefficient (Wildman–Crippen LogP) is 2.95. The van der Waals surface area contributed by atoms with Crippen molar-refractivity contribution in [3.05, 3.63) is 71.3 Å². The second-order valence-corrected chi connectivity index (χ2v) is 8.84. The molecule has 1 saturated heterocycles. The topological polar surface area (TPSA) is 90.5 Å². The largest absolute Gasteiger partial charge is 0.480 e. The Bertz CT molecular complexity index is 836. The van der Waals surface area contributed by atoms with Crippen LogP contribution < -0.4 is 16.0 Å². The molecule has 1 heterocycles. The summed E-state index contributed by atoms with van der Waals surface area (Å²) in [4.78, 5) is 23.9. The number of benzene rings is 2. The summed E-state index contributed by atoms with van der Waals surface area (Å²) in [6.07, 6.45) is 1.05. The number of nitrogens with one attached hydrogen (secondary N) is 3. The van der Waals surface area contributed by atoms with Crippen molar-refractivity contribution in [3.63, 3.8) is 0 Å². The third-order valence-electron chi connectivity index (χ3n) is 5.25. The van der Waals surface area contributed by atoms with Crippen molar-refractivity contribution in [2.45, 2.75) is 30.2 Å². The van der Waals surface area contributed by atoms with Gasteiger partial charge in [-0.15, -0.1) is 12.4 Å². The van der Waals surface area contributed by atoms with Gasteiger partial charge in [0.25, 0.3) is 0 Å². The zero-order valence-electron chi connectivity index (χ0n) is 17.5. The molecule has 168 valence electrons. The number of hydrogen-bond donors (Lipinski definition) is 4. The zero-order chi connectivity index (χ0) is 21.3. The standard InChI is InChI=1S/C23H29N3O3S.ClH/c1-24-14-16-7-9-17(10-8-16)20-13-19(15-26-20)30-12-11-25-22(27)21(23(28)29)18-5-3-2-4-6-18;/h2-10,19-21,24,26H,11-15H2,1H3,(H,25,27)(H,28,29);1H/t19-,20-,21?;/m0./s1. The van der Waals surface area contributed by atoms with Crippen molar-refractivity contribution in [2.75, 3.05) is 25.9 Å². The van der Waals surface area contributed by atoms with E-state index < -0.39 is 17.8 Å². The molecule has 0 bridgehead atoms. The summed E-state index contributed by atoms with van der Waals surface area (Å²) in [7, 11) is 1.94. The number of hydrogen-bond acceptors (Lipinski definition) is 5. The van der Waals surface area contributed by atoms with E-state index in [1.807, 2.05) is 18.8 Å². The molecule has 0 radical (unpaired) electrons. The molecule has 1 aliphatic rings. The third-order valence-corrected chi connectivity index (χ3v) is 6.52. The molecule has 1 amide bonds. The molecule has 0 aliphatic carbocycles. The van der Waals surface area contributed by atoms with Crippen molar-refractivity contribution in [1.29, 1.82) is 0 Å². The van der Waals surface area contributed by atoms with Crippen molar-refractivity contribution in [3.8, 4) is 0 Å². The van der Waals surface area contributed by atoms with E-state index >= 15 is 0 Å². The summed E-state index contributed by atoms with van der Waals surface area (Å²) in [6.45, 7) is 2.26. The fourth-order valence-corrected chi connectivity index (χ4v) is 4.81. The Kier molecular flexibility index (Phi) is 10.3. The van der Waals surface area contributed by atoms with Gasteiger partial charge in [-0.2, -0.15) is 11.8 Å². The van der Waals surface area contributed by atoms with Gasteiger partial charge in [0.15, 0.2) is 5.92 Å². The summed E-state index contributed by atoms with van der Waals surface area (Å²) in [5.74, 6) is -2.00. The molecule has 6 nitrogen and oxygen atoms in total. The lowest BCUT2D eigenvalue weighted by Gasteiger charge is -2.14. The molecule has 1 fully saturated rings. The highest BCUT2D eigenvalue weighted by molar-refractivity contribution is 7.99. The first-order valence-corrected chi connectivity index (χ1v) is 11.3. The lowest BCUT2D eigenvalue weighted by atomic mass is 9.98. The smallest absolute Gasteiger partial charge is 0.320 e. The van der Waals surface area contributed by atoms with Crippen LogP contribution >= 0.6 is 24.2 Å². The molecule has 0 aromatic heterocycles. The van der Waals surface area contributed by atoms with E-state index in [1.165, 1.54) is 11.1 Å². The zero-order valence-corrected chi connectivity index (χ0v) is 19.2. The molecule has 1 aliphatic heterocycles. The second kappa shape index (κ2) is 12.7. The molecular weight excluding hydrogens is 434 g/mol. The first-order chi connectivity index (χ1) is 14.6. The molecule has 8 heteroatoms. The number of carbonyl (C=O) groups excluding carboxylic acids is 1. The Balaban J connectivity index is 0.00000341. The van der Waals surface area contributed by atoms with E-state index in [1.54, 1.807) is 30.3 Å². The minimum Gasteiger partial charge on any atom is -0.480 e. The number of rotatable bonds is 10. The number of carboxylic acids is 1. The number of thioether (sulfide) groups is 1. The highest BCUT2D eigenvalue weighted by Crippen LogP contribution is 2.30. The van der Waals surface area contributed by atoms with Gasteiger partial charge < -0.3 is 21.1 Å².